The van der Waals surface area contributed by atoms with Gasteiger partial charge in [-0.2, -0.15) is 5.26 Å². The summed E-state index contributed by atoms with van der Waals surface area (Å²) in [5.74, 6) is -0.157. The lowest BCUT2D eigenvalue weighted by Gasteiger charge is -2.25. The van der Waals surface area contributed by atoms with Crippen molar-refractivity contribution >= 4 is 5.78 Å². The van der Waals surface area contributed by atoms with Gasteiger partial charge >= 0.3 is 0 Å². The van der Waals surface area contributed by atoms with E-state index in [1.807, 2.05) is 36.1 Å². The van der Waals surface area contributed by atoms with Gasteiger partial charge in [-0.1, -0.05) is 0 Å². The van der Waals surface area contributed by atoms with E-state index < -0.39 is 5.92 Å². The summed E-state index contributed by atoms with van der Waals surface area (Å²) in [5.41, 5.74) is 7.42. The van der Waals surface area contributed by atoms with Crippen LogP contribution in [0, 0.1) is 11.3 Å². The Morgan fingerprint density at radius 2 is 2.19 bits per heavy atom. The summed E-state index contributed by atoms with van der Waals surface area (Å²) in [5, 5.41) is 9.38. The average molecular weight is 397 g/mol. The van der Waals surface area contributed by atoms with Gasteiger partial charge in [0, 0.05) is 11.6 Å². The maximum atomic E-state index is 11.9. The normalized spacial score (nSPS) is 17.7. The van der Waals surface area contributed by atoms with E-state index in [0.717, 1.165) is 5.56 Å². The number of nitriles is 1. The minimum absolute atomic E-state index is 0. The third-order valence-electron chi connectivity index (χ3n) is 3.28. The molecule has 1 aromatic rings. The van der Waals surface area contributed by atoms with Crippen molar-refractivity contribution in [2.45, 2.75) is 19.8 Å². The van der Waals surface area contributed by atoms with Gasteiger partial charge < -0.3 is 34.4 Å². The Bertz CT molecular complexity index is 686. The van der Waals surface area contributed by atoms with Crippen molar-refractivity contribution in [3.8, 4) is 6.07 Å². The maximum absolute atomic E-state index is 11.9. The smallest absolute Gasteiger partial charge is 0.198 e. The molecule has 1 unspecified atom stereocenters. The molecular weight excluding hydrogens is 381 g/mol. The summed E-state index contributed by atoms with van der Waals surface area (Å²) >= 11 is 0. The van der Waals surface area contributed by atoms with Gasteiger partial charge in [0.1, 0.15) is 12.8 Å². The number of ether oxygens (including phenoxy) is 1. The molecule has 2 heterocycles. The Morgan fingerprint density at radius 1 is 1.52 bits per heavy atom. The molecule has 2 rings (SSSR count). The Balaban J connectivity index is 0.00000220. The molecule has 110 valence electrons. The van der Waals surface area contributed by atoms with Crippen LogP contribution in [-0.4, -0.2) is 5.78 Å². The molecule has 0 aromatic carbocycles. The first-order valence-electron chi connectivity index (χ1n) is 6.20. The van der Waals surface area contributed by atoms with Crippen molar-refractivity contribution < 1.29 is 38.1 Å². The van der Waals surface area contributed by atoms with Gasteiger partial charge in [-0.3, -0.25) is 4.79 Å². The van der Waals surface area contributed by atoms with Crippen LogP contribution >= 0.6 is 0 Å². The van der Waals surface area contributed by atoms with Crippen LogP contribution in [0.3, 0.4) is 0 Å². The fraction of sp³-hybridized carbons (Fsp3) is 0.267. The number of Topliss-reactive ketones (excluding diaryl/α,β-unsaturated/α-hetero) is 1. The highest BCUT2D eigenvalue weighted by molar-refractivity contribution is 5.96. The fourth-order valence-electron chi connectivity index (χ4n) is 2.40. The van der Waals surface area contributed by atoms with Gasteiger partial charge in [0.15, 0.2) is 24.1 Å². The van der Waals surface area contributed by atoms with E-state index in [0.29, 0.717) is 16.9 Å². The molecule has 2 N–H and O–H groups in total. The Morgan fingerprint density at radius 3 is 2.71 bits per heavy atom. The monoisotopic (exact) mass is 397 g/mol. The van der Waals surface area contributed by atoms with Gasteiger partial charge in [-0.25, -0.2) is 4.57 Å². The summed E-state index contributed by atoms with van der Waals surface area (Å²) in [6.07, 6.45) is 3.75. The SMILES string of the molecule is CC(=O)C1=C(N)OC(C)=C(C#N)C1c1ccc[n+](C)c1.[I-]. The van der Waals surface area contributed by atoms with E-state index in [-0.39, 0.29) is 35.6 Å². The molecule has 0 fully saturated rings. The van der Waals surface area contributed by atoms with Crippen molar-refractivity contribution in [3.63, 3.8) is 0 Å². The molecule has 0 saturated heterocycles. The highest BCUT2D eigenvalue weighted by Crippen LogP contribution is 2.38. The minimum atomic E-state index is -0.473. The quantitative estimate of drug-likeness (QED) is 0.471. The standard InChI is InChI=1S/C15H15N3O2.HI/c1-9(19)13-14(11-5-4-6-18(3)8-11)12(7-16)10(2)20-15(13)17;/h4-6,8,14H,1-3H3,(H-,17,19);1H. The molecule has 21 heavy (non-hydrogen) atoms. The predicted octanol–water partition coefficient (Wildman–Crippen LogP) is -1.81. The molecule has 0 amide bonds. The fourth-order valence-corrected chi connectivity index (χ4v) is 2.40. The van der Waals surface area contributed by atoms with Crippen LogP contribution in [-0.2, 0) is 16.6 Å². The molecule has 0 aliphatic carbocycles. The summed E-state index contributed by atoms with van der Waals surface area (Å²) in [4.78, 5) is 11.9. The molecule has 1 aliphatic rings. The third-order valence-corrected chi connectivity index (χ3v) is 3.28. The number of nitrogens with two attached hydrogens (primary N) is 1. The van der Waals surface area contributed by atoms with Crippen LogP contribution in [0.1, 0.15) is 25.3 Å². The van der Waals surface area contributed by atoms with E-state index in [1.165, 1.54) is 6.92 Å². The lowest BCUT2D eigenvalue weighted by Crippen LogP contribution is -3.00. The van der Waals surface area contributed by atoms with Crippen molar-refractivity contribution in [2.24, 2.45) is 12.8 Å². The Hall–Kier alpha value is -1.88. The van der Waals surface area contributed by atoms with E-state index >= 15 is 0 Å². The second-order valence-corrected chi connectivity index (χ2v) is 4.75. The zero-order valence-electron chi connectivity index (χ0n) is 12.1. The number of hydrogen-bond donors (Lipinski definition) is 1. The number of aromatic nitrogens is 1. The van der Waals surface area contributed by atoms with Gasteiger partial charge in [0.2, 0.25) is 0 Å². The van der Waals surface area contributed by atoms with Crippen molar-refractivity contribution in [1.29, 1.82) is 5.26 Å². The number of aryl methyl sites for hydroxylation is 1. The molecule has 1 atom stereocenters. The van der Waals surface area contributed by atoms with Crippen LogP contribution in [0.4, 0.5) is 0 Å². The second kappa shape index (κ2) is 6.72. The molecule has 1 aromatic heterocycles. The molecule has 1 aliphatic heterocycles. The number of halogens is 1. The number of pyridine rings is 1. The lowest BCUT2D eigenvalue weighted by molar-refractivity contribution is -0.671. The van der Waals surface area contributed by atoms with Gasteiger partial charge in [0.25, 0.3) is 0 Å². The number of nitrogens with zero attached hydrogens (tertiary/aromatic N) is 2. The number of carbonyl (C=O) groups is 1. The number of rotatable bonds is 2. The molecule has 5 nitrogen and oxygen atoms in total. The molecule has 6 heteroatoms. The summed E-state index contributed by atoms with van der Waals surface area (Å²) in [7, 11) is 1.88. The van der Waals surface area contributed by atoms with Crippen molar-refractivity contribution in [2.75, 3.05) is 0 Å². The first kappa shape index (κ1) is 17.2. The predicted molar refractivity (Wildman–Crippen MR) is 71.7 cm³/mol. The molecule has 0 bridgehead atoms. The zero-order chi connectivity index (χ0) is 14.9. The Labute approximate surface area is 140 Å². The van der Waals surface area contributed by atoms with Gasteiger partial charge in [-0.05, 0) is 19.9 Å². The maximum Gasteiger partial charge on any atom is 0.198 e. The van der Waals surface area contributed by atoms with Crippen LogP contribution in [0.25, 0.3) is 0 Å². The van der Waals surface area contributed by atoms with Crippen LogP contribution in [0.5, 0.6) is 0 Å². The zero-order valence-corrected chi connectivity index (χ0v) is 14.2. The van der Waals surface area contributed by atoms with E-state index in [2.05, 4.69) is 6.07 Å². The van der Waals surface area contributed by atoms with E-state index in [4.69, 9.17) is 10.5 Å². The van der Waals surface area contributed by atoms with Crippen LogP contribution < -0.4 is 34.3 Å². The van der Waals surface area contributed by atoms with Gasteiger partial charge in [0.05, 0.1) is 23.1 Å². The summed E-state index contributed by atoms with van der Waals surface area (Å²) in [6.45, 7) is 3.11. The highest BCUT2D eigenvalue weighted by atomic mass is 127. The average Bonchev–Trinajstić information content (AvgIpc) is 2.37. The second-order valence-electron chi connectivity index (χ2n) is 4.75. The lowest BCUT2D eigenvalue weighted by atomic mass is 9.82. The third kappa shape index (κ3) is 3.24. The summed E-state index contributed by atoms with van der Waals surface area (Å²) in [6, 6.07) is 5.87. The number of carbonyl (C=O) groups excluding carboxylic acids is 1. The van der Waals surface area contributed by atoms with Crippen LogP contribution in [0.2, 0.25) is 0 Å². The minimum Gasteiger partial charge on any atom is -1.00 e. The van der Waals surface area contributed by atoms with Crippen molar-refractivity contribution in [3.05, 3.63) is 52.9 Å². The van der Waals surface area contributed by atoms with Crippen molar-refractivity contribution in [1.82, 2.24) is 0 Å². The van der Waals surface area contributed by atoms with Gasteiger partial charge in [-0.15, -0.1) is 0 Å². The number of allylic oxidation sites excluding steroid dienone is 3. The molecule has 0 spiro atoms. The Kier molecular flexibility index (Phi) is 5.49. The first-order valence-corrected chi connectivity index (χ1v) is 6.20. The van der Waals surface area contributed by atoms with E-state index in [9.17, 15) is 10.1 Å². The number of hydrogen-bond acceptors (Lipinski definition) is 4. The molecule has 0 saturated carbocycles. The largest absolute Gasteiger partial charge is 1.00 e. The summed E-state index contributed by atoms with van der Waals surface area (Å²) < 4.78 is 7.20. The first-order chi connectivity index (χ1) is 9.45. The van der Waals surface area contributed by atoms with Crippen LogP contribution in [0.15, 0.2) is 47.3 Å². The van der Waals surface area contributed by atoms with E-state index in [1.54, 1.807) is 6.92 Å². The molecular formula is C15H16IN3O2. The molecule has 0 radical (unpaired) electrons. The highest BCUT2D eigenvalue weighted by Gasteiger charge is 2.34. The topological polar surface area (TPSA) is 80.0 Å². The number of ketones is 1.